The Morgan fingerprint density at radius 2 is 1.81 bits per heavy atom. The summed E-state index contributed by atoms with van der Waals surface area (Å²) < 4.78 is 98.5. The normalized spacial score (nSPS) is 25.5. The van der Waals surface area contributed by atoms with Crippen LogP contribution in [0.2, 0.25) is 0 Å². The second-order valence-electron chi connectivity index (χ2n) is 7.29. The highest BCUT2D eigenvalue weighted by atomic mass is 19.4. The average molecular weight is 388 g/mol. The van der Waals surface area contributed by atoms with Crippen LogP contribution in [0, 0.1) is 5.41 Å². The van der Waals surface area contributed by atoms with Gasteiger partial charge in [0, 0.05) is 25.8 Å². The molecule has 2 aliphatic carbocycles. The first-order valence-corrected chi connectivity index (χ1v) is 7.71. The molecule has 1 heterocycles. The topological polar surface area (TPSA) is 44.1 Å². The molecule has 0 radical (unpaired) electrons. The first-order valence-electron chi connectivity index (χ1n) is 7.71. The third-order valence-corrected chi connectivity index (χ3v) is 4.70. The smallest absolute Gasteiger partial charge is 0.420 e. The van der Waals surface area contributed by atoms with E-state index in [4.69, 9.17) is 0 Å². The minimum Gasteiger partial charge on any atom is -0.464 e. The van der Waals surface area contributed by atoms with Crippen LogP contribution in [0.1, 0.15) is 53.8 Å². The number of hydrogen-bond donors (Lipinski definition) is 0. The van der Waals surface area contributed by atoms with E-state index in [9.17, 15) is 35.5 Å². The zero-order valence-corrected chi connectivity index (χ0v) is 13.8. The van der Waals surface area contributed by atoms with Gasteiger partial charge in [-0.3, -0.25) is 4.68 Å². The van der Waals surface area contributed by atoms with E-state index in [-0.39, 0.29) is 0 Å². The van der Waals surface area contributed by atoms with Gasteiger partial charge in [0.15, 0.2) is 5.69 Å². The van der Waals surface area contributed by atoms with Crippen molar-refractivity contribution in [2.24, 2.45) is 5.41 Å². The maximum Gasteiger partial charge on any atom is 0.420 e. The van der Waals surface area contributed by atoms with Crippen molar-refractivity contribution in [2.75, 3.05) is 7.11 Å². The van der Waals surface area contributed by atoms with Gasteiger partial charge in [-0.1, -0.05) is 6.92 Å². The third-order valence-electron chi connectivity index (χ3n) is 4.70. The molecule has 3 rings (SSSR count). The third kappa shape index (κ3) is 3.16. The van der Waals surface area contributed by atoms with Crippen LogP contribution < -0.4 is 0 Å². The van der Waals surface area contributed by atoms with Gasteiger partial charge in [0.2, 0.25) is 5.92 Å². The van der Waals surface area contributed by atoms with Crippen LogP contribution >= 0.6 is 0 Å². The quantitative estimate of drug-likeness (QED) is 0.572. The molecule has 2 fully saturated rings. The van der Waals surface area contributed by atoms with E-state index >= 15 is 0 Å². The van der Waals surface area contributed by atoms with Crippen LogP contribution in [-0.4, -0.2) is 34.7 Å². The van der Waals surface area contributed by atoms with Crippen molar-refractivity contribution in [1.29, 1.82) is 0 Å². The molecule has 26 heavy (non-hydrogen) atoms. The number of nitrogens with zero attached hydrogens (tertiary/aromatic N) is 2. The molecular weight excluding hydrogens is 373 g/mol. The fourth-order valence-corrected chi connectivity index (χ4v) is 3.60. The lowest BCUT2D eigenvalue weighted by molar-refractivity contribution is -0.160. The standard InChI is InChI=1S/C15H15F7N2O2/c1-12(4-13(16,17)5-12)6-24-10(11(25)26-2)8(15(20,21)22)9(23-24)7-3-14(7,18)19/h7H,3-6H2,1-2H3. The highest BCUT2D eigenvalue weighted by molar-refractivity contribution is 5.90. The van der Waals surface area contributed by atoms with E-state index in [1.165, 1.54) is 6.92 Å². The second-order valence-corrected chi connectivity index (χ2v) is 7.29. The molecule has 0 saturated heterocycles. The molecule has 0 bridgehead atoms. The number of ether oxygens (including phenoxy) is 1. The van der Waals surface area contributed by atoms with Gasteiger partial charge in [-0.05, 0) is 5.41 Å². The number of carbonyl (C=O) groups excluding carboxylic acids is 1. The minimum atomic E-state index is -5.12. The van der Waals surface area contributed by atoms with Gasteiger partial charge in [0.05, 0.1) is 18.7 Å². The largest absolute Gasteiger partial charge is 0.464 e. The van der Waals surface area contributed by atoms with E-state index < -0.39 is 78.1 Å². The fraction of sp³-hybridized carbons (Fsp3) is 0.733. The Bertz CT molecular complexity index is 746. The van der Waals surface area contributed by atoms with Crippen LogP contribution in [0.4, 0.5) is 30.7 Å². The molecule has 1 aromatic rings. The van der Waals surface area contributed by atoms with Crippen molar-refractivity contribution >= 4 is 5.97 Å². The summed E-state index contributed by atoms with van der Waals surface area (Å²) in [6, 6.07) is 0. The Morgan fingerprint density at radius 1 is 1.27 bits per heavy atom. The van der Waals surface area contributed by atoms with Gasteiger partial charge < -0.3 is 4.74 Å². The summed E-state index contributed by atoms with van der Waals surface area (Å²) in [6.07, 6.45) is -7.14. The molecule has 1 unspecified atom stereocenters. The lowest BCUT2D eigenvalue weighted by atomic mass is 9.67. The average Bonchev–Trinajstić information content (AvgIpc) is 2.88. The molecule has 0 amide bonds. The predicted octanol–water partition coefficient (Wildman–Crippen LogP) is 4.25. The fourth-order valence-electron chi connectivity index (χ4n) is 3.60. The first kappa shape index (κ1) is 19.0. The van der Waals surface area contributed by atoms with Gasteiger partial charge in [-0.25, -0.2) is 22.4 Å². The molecule has 1 aromatic heterocycles. The molecule has 4 nitrogen and oxygen atoms in total. The molecule has 0 spiro atoms. The lowest BCUT2D eigenvalue weighted by Gasteiger charge is -2.44. The Morgan fingerprint density at radius 3 is 2.19 bits per heavy atom. The molecule has 11 heteroatoms. The van der Waals surface area contributed by atoms with Gasteiger partial charge in [0.1, 0.15) is 5.56 Å². The maximum atomic E-state index is 13.5. The van der Waals surface area contributed by atoms with Gasteiger partial charge in [-0.2, -0.15) is 18.3 Å². The van der Waals surface area contributed by atoms with Crippen LogP contribution in [0.15, 0.2) is 0 Å². The molecule has 0 N–H and O–H groups in total. The second kappa shape index (κ2) is 5.35. The lowest BCUT2D eigenvalue weighted by Crippen LogP contribution is -2.47. The van der Waals surface area contributed by atoms with E-state index in [0.29, 0.717) is 4.68 Å². The number of esters is 1. The number of alkyl halides is 7. The highest BCUT2D eigenvalue weighted by Crippen LogP contribution is 2.58. The van der Waals surface area contributed by atoms with Gasteiger partial charge >= 0.3 is 12.1 Å². The van der Waals surface area contributed by atoms with Crippen LogP contribution in [-0.2, 0) is 17.5 Å². The van der Waals surface area contributed by atoms with E-state index in [2.05, 4.69) is 9.84 Å². The van der Waals surface area contributed by atoms with Crippen LogP contribution in [0.3, 0.4) is 0 Å². The zero-order valence-electron chi connectivity index (χ0n) is 13.8. The molecule has 2 saturated carbocycles. The number of halogens is 7. The van der Waals surface area contributed by atoms with Crippen molar-refractivity contribution in [2.45, 2.75) is 56.7 Å². The molecular formula is C15H15F7N2O2. The number of aromatic nitrogens is 2. The van der Waals surface area contributed by atoms with E-state index in [0.717, 1.165) is 7.11 Å². The number of carbonyl (C=O) groups is 1. The van der Waals surface area contributed by atoms with Gasteiger partial charge in [0.25, 0.3) is 5.92 Å². The van der Waals surface area contributed by atoms with Crippen molar-refractivity contribution in [3.8, 4) is 0 Å². The molecule has 0 aliphatic heterocycles. The van der Waals surface area contributed by atoms with Crippen molar-refractivity contribution in [1.82, 2.24) is 9.78 Å². The summed E-state index contributed by atoms with van der Waals surface area (Å²) in [6.45, 7) is 0.972. The van der Waals surface area contributed by atoms with E-state index in [1.807, 2.05) is 0 Å². The summed E-state index contributed by atoms with van der Waals surface area (Å²) in [5.41, 5.74) is -4.67. The summed E-state index contributed by atoms with van der Waals surface area (Å²) in [5, 5.41) is 3.59. The van der Waals surface area contributed by atoms with Crippen molar-refractivity contribution in [3.63, 3.8) is 0 Å². The Hall–Kier alpha value is -1.81. The van der Waals surface area contributed by atoms with Crippen molar-refractivity contribution in [3.05, 3.63) is 17.0 Å². The van der Waals surface area contributed by atoms with Crippen LogP contribution in [0.5, 0.6) is 0 Å². The molecule has 0 aromatic carbocycles. The number of hydrogen-bond acceptors (Lipinski definition) is 3. The first-order chi connectivity index (χ1) is 11.7. The monoisotopic (exact) mass is 388 g/mol. The summed E-state index contributed by atoms with van der Waals surface area (Å²) in [5.74, 6) is -9.47. The zero-order chi connectivity index (χ0) is 19.7. The number of rotatable bonds is 4. The Kier molecular flexibility index (Phi) is 3.90. The van der Waals surface area contributed by atoms with E-state index in [1.54, 1.807) is 0 Å². The Balaban J connectivity index is 2.08. The number of methoxy groups -OCH3 is 1. The highest BCUT2D eigenvalue weighted by Gasteiger charge is 2.62. The summed E-state index contributed by atoms with van der Waals surface area (Å²) in [7, 11) is 0.838. The minimum absolute atomic E-state index is 0.436. The molecule has 2 aliphatic rings. The predicted molar refractivity (Wildman–Crippen MR) is 73.2 cm³/mol. The summed E-state index contributed by atoms with van der Waals surface area (Å²) in [4.78, 5) is 11.9. The van der Waals surface area contributed by atoms with Crippen molar-refractivity contribution < 1.29 is 40.3 Å². The van der Waals surface area contributed by atoms with Crippen LogP contribution in [0.25, 0.3) is 0 Å². The molecule has 1 atom stereocenters. The summed E-state index contributed by atoms with van der Waals surface area (Å²) >= 11 is 0. The molecule has 146 valence electrons. The SMILES string of the molecule is COC(=O)c1c(C(F)(F)F)c(C2CC2(F)F)nn1CC1(C)CC(F)(F)C1. The Labute approximate surface area is 143 Å². The maximum absolute atomic E-state index is 13.5. The van der Waals surface area contributed by atoms with Gasteiger partial charge in [-0.15, -0.1) is 0 Å².